The number of unbranched alkanes of at least 4 members (excludes halogenated alkanes) is 5. The van der Waals surface area contributed by atoms with Gasteiger partial charge in [-0.1, -0.05) is 85.1 Å². The van der Waals surface area contributed by atoms with E-state index in [4.69, 9.17) is 11.6 Å². The molecule has 0 aliphatic heterocycles. The van der Waals surface area contributed by atoms with Crippen molar-refractivity contribution in [2.24, 2.45) is 0 Å². The van der Waals surface area contributed by atoms with E-state index in [9.17, 15) is 15.2 Å². The van der Waals surface area contributed by atoms with Gasteiger partial charge in [0, 0.05) is 15.4 Å². The zero-order valence-electron chi connectivity index (χ0n) is 18.3. The molecular formula is C27H26ClNO2S2. The molecule has 170 valence electrons. The fourth-order valence-electron chi connectivity index (χ4n) is 3.61. The molecule has 0 fully saturated rings. The fourth-order valence-corrected chi connectivity index (χ4v) is 5.73. The van der Waals surface area contributed by atoms with Crippen molar-refractivity contribution >= 4 is 46.2 Å². The molecule has 0 amide bonds. The summed E-state index contributed by atoms with van der Waals surface area (Å²) in [6, 6.07) is 22.4. The molecule has 33 heavy (non-hydrogen) atoms. The number of hydrogen-bond acceptors (Lipinski definition) is 4. The number of halogens is 1. The van der Waals surface area contributed by atoms with Crippen molar-refractivity contribution in [3.05, 3.63) is 87.1 Å². The summed E-state index contributed by atoms with van der Waals surface area (Å²) in [6.45, 7) is 0. The minimum absolute atomic E-state index is 0.361. The van der Waals surface area contributed by atoms with Gasteiger partial charge in [-0.05, 0) is 55.5 Å². The zero-order valence-corrected chi connectivity index (χ0v) is 20.7. The summed E-state index contributed by atoms with van der Waals surface area (Å²) >= 11 is 8.77. The van der Waals surface area contributed by atoms with E-state index in [0.29, 0.717) is 9.21 Å². The lowest BCUT2D eigenvalue weighted by atomic mass is 10.0. The highest BCUT2D eigenvalue weighted by Crippen LogP contribution is 2.34. The van der Waals surface area contributed by atoms with Gasteiger partial charge in [0.15, 0.2) is 0 Å². The van der Waals surface area contributed by atoms with E-state index in [0.717, 1.165) is 82.8 Å². The number of hydrogen-bond donors (Lipinski definition) is 1. The van der Waals surface area contributed by atoms with Crippen LogP contribution >= 0.6 is 34.7 Å². The Morgan fingerprint density at radius 1 is 1.03 bits per heavy atom. The Kier molecular flexibility index (Phi) is 10.1. The summed E-state index contributed by atoms with van der Waals surface area (Å²) < 4.78 is 0.534. The smallest absolute Gasteiger partial charge is 0.346 e. The second-order valence-corrected chi connectivity index (χ2v) is 10.5. The normalized spacial score (nSPS) is 11.3. The molecule has 1 N–H and O–H groups in total. The molecule has 0 aliphatic rings. The van der Waals surface area contributed by atoms with Gasteiger partial charge in [-0.2, -0.15) is 5.26 Å². The summed E-state index contributed by atoms with van der Waals surface area (Å²) in [5, 5.41) is 19.0. The Balaban J connectivity index is 1.45. The van der Waals surface area contributed by atoms with E-state index in [2.05, 4.69) is 30.3 Å². The fraction of sp³-hybridized carbons (Fsp3) is 0.259. The highest BCUT2D eigenvalue weighted by Gasteiger charge is 2.14. The predicted molar refractivity (Wildman–Crippen MR) is 138 cm³/mol. The summed E-state index contributed by atoms with van der Waals surface area (Å²) in [5.41, 5.74) is 2.55. The maximum Gasteiger partial charge on any atom is 0.346 e. The van der Waals surface area contributed by atoms with Gasteiger partial charge in [0.2, 0.25) is 0 Å². The van der Waals surface area contributed by atoms with Crippen LogP contribution in [0.3, 0.4) is 0 Å². The zero-order chi connectivity index (χ0) is 23.5. The third-order valence-corrected chi connectivity index (χ3v) is 7.62. The van der Waals surface area contributed by atoms with E-state index in [1.54, 1.807) is 17.8 Å². The van der Waals surface area contributed by atoms with Crippen LogP contribution in [0.4, 0.5) is 0 Å². The van der Waals surface area contributed by atoms with Gasteiger partial charge in [0.25, 0.3) is 0 Å². The molecule has 6 heteroatoms. The molecule has 1 aromatic heterocycles. The van der Waals surface area contributed by atoms with E-state index in [1.807, 2.05) is 36.4 Å². The van der Waals surface area contributed by atoms with E-state index in [1.165, 1.54) is 0 Å². The summed E-state index contributed by atoms with van der Waals surface area (Å²) in [5.74, 6) is -0.897. The third-order valence-electron chi connectivity index (χ3n) is 5.24. The standard InChI is InChI=1S/C27H26ClNO2S2/c28-25-18-20(26(33-25)27(30)31)12-6-3-1-2-4-7-13-21(19-29)23-16-10-11-17-24(23)32-22-14-8-5-9-15-22/h5,8-11,13-18H,1-4,6-7,12H2,(H,30,31)/b21-13+. The quantitative estimate of drug-likeness (QED) is 0.201. The van der Waals surface area contributed by atoms with Gasteiger partial charge in [0.1, 0.15) is 4.88 Å². The van der Waals surface area contributed by atoms with Crippen molar-refractivity contribution in [2.75, 3.05) is 0 Å². The van der Waals surface area contributed by atoms with Gasteiger partial charge in [0.05, 0.1) is 16.0 Å². The number of nitrogens with zero attached hydrogens (tertiary/aromatic N) is 1. The number of carboxylic acids is 1. The predicted octanol–water partition coefficient (Wildman–Crippen LogP) is 8.74. The van der Waals surface area contributed by atoms with Crippen molar-refractivity contribution in [1.82, 2.24) is 0 Å². The molecule has 2 aromatic carbocycles. The van der Waals surface area contributed by atoms with Crippen LogP contribution in [0.15, 0.2) is 76.5 Å². The number of carboxylic acid groups (broad SMARTS) is 1. The second-order valence-electron chi connectivity index (χ2n) is 7.66. The summed E-state index contributed by atoms with van der Waals surface area (Å²) in [7, 11) is 0. The summed E-state index contributed by atoms with van der Waals surface area (Å²) in [6.07, 6.45) is 8.90. The van der Waals surface area contributed by atoms with E-state index >= 15 is 0 Å². The molecule has 0 aliphatic carbocycles. The number of benzene rings is 2. The Hall–Kier alpha value is -2.52. The number of aryl methyl sites for hydroxylation is 1. The SMILES string of the molecule is N#C/C(=C\CCCCCCCc1cc(Cl)sc1C(=O)O)c1ccccc1Sc1ccccc1. The molecule has 0 unspecified atom stereocenters. The van der Waals surface area contributed by atoms with Crippen LogP contribution in [-0.2, 0) is 6.42 Å². The third kappa shape index (κ3) is 7.78. The van der Waals surface area contributed by atoms with Crippen molar-refractivity contribution in [2.45, 2.75) is 54.7 Å². The van der Waals surface area contributed by atoms with Crippen molar-refractivity contribution in [1.29, 1.82) is 5.26 Å². The van der Waals surface area contributed by atoms with Gasteiger partial charge in [-0.3, -0.25) is 0 Å². The van der Waals surface area contributed by atoms with Crippen molar-refractivity contribution < 1.29 is 9.90 Å². The van der Waals surface area contributed by atoms with Crippen LogP contribution in [0.2, 0.25) is 4.34 Å². The van der Waals surface area contributed by atoms with Gasteiger partial charge < -0.3 is 5.11 Å². The lowest BCUT2D eigenvalue weighted by molar-refractivity contribution is 0.0701. The van der Waals surface area contributed by atoms with Crippen molar-refractivity contribution in [3.63, 3.8) is 0 Å². The van der Waals surface area contributed by atoms with E-state index in [-0.39, 0.29) is 0 Å². The number of thiophene rings is 1. The molecule has 0 saturated carbocycles. The highest BCUT2D eigenvalue weighted by atomic mass is 35.5. The molecule has 3 aromatic rings. The highest BCUT2D eigenvalue weighted by molar-refractivity contribution is 7.99. The molecule has 3 nitrogen and oxygen atoms in total. The molecule has 3 rings (SSSR count). The topological polar surface area (TPSA) is 61.1 Å². The molecule has 0 radical (unpaired) electrons. The van der Waals surface area contributed by atoms with Crippen LogP contribution in [0.5, 0.6) is 0 Å². The number of nitriles is 1. The molecular weight excluding hydrogens is 470 g/mol. The lowest BCUT2D eigenvalue weighted by Crippen LogP contribution is -1.97. The van der Waals surface area contributed by atoms with Crippen LogP contribution in [0.25, 0.3) is 5.57 Å². The monoisotopic (exact) mass is 495 g/mol. The molecule has 0 atom stereocenters. The maximum atomic E-state index is 11.3. The average Bonchev–Trinajstić information content (AvgIpc) is 3.20. The second kappa shape index (κ2) is 13.3. The Bertz CT molecular complexity index is 1130. The molecule has 0 spiro atoms. The van der Waals surface area contributed by atoms with Gasteiger partial charge in [-0.25, -0.2) is 4.79 Å². The van der Waals surface area contributed by atoms with Crippen LogP contribution < -0.4 is 0 Å². The van der Waals surface area contributed by atoms with Crippen molar-refractivity contribution in [3.8, 4) is 6.07 Å². The minimum atomic E-state index is -0.897. The van der Waals surface area contributed by atoms with E-state index < -0.39 is 5.97 Å². The first-order valence-corrected chi connectivity index (χ1v) is 13.0. The maximum absolute atomic E-state index is 11.3. The van der Waals surface area contributed by atoms with Gasteiger partial charge in [-0.15, -0.1) is 11.3 Å². The molecule has 0 bridgehead atoms. The summed E-state index contributed by atoms with van der Waals surface area (Å²) in [4.78, 5) is 13.9. The number of allylic oxidation sites excluding steroid dienone is 2. The lowest BCUT2D eigenvalue weighted by Gasteiger charge is -2.08. The largest absolute Gasteiger partial charge is 0.477 e. The van der Waals surface area contributed by atoms with Crippen LogP contribution in [0, 0.1) is 11.3 Å². The van der Waals surface area contributed by atoms with Crippen LogP contribution in [0.1, 0.15) is 59.3 Å². The minimum Gasteiger partial charge on any atom is -0.477 e. The first kappa shape index (κ1) is 25.1. The first-order chi connectivity index (χ1) is 16.1. The number of aromatic carboxylic acids is 1. The van der Waals surface area contributed by atoms with Crippen LogP contribution in [-0.4, -0.2) is 11.1 Å². The first-order valence-electron chi connectivity index (χ1n) is 11.0. The average molecular weight is 496 g/mol. The van der Waals surface area contributed by atoms with Gasteiger partial charge >= 0.3 is 5.97 Å². The number of carbonyl (C=O) groups is 1. The Morgan fingerprint density at radius 3 is 2.48 bits per heavy atom. The Labute approximate surface area is 208 Å². The molecule has 0 saturated heterocycles. The molecule has 1 heterocycles. The number of rotatable bonds is 12. The Morgan fingerprint density at radius 2 is 1.73 bits per heavy atom.